The van der Waals surface area contributed by atoms with Crippen LogP contribution in [0.15, 0.2) is 49.7 Å². The normalized spacial score (nSPS) is 18.2. The topological polar surface area (TPSA) is 141 Å². The van der Waals surface area contributed by atoms with Crippen LogP contribution in [0.2, 0.25) is 10.0 Å². The number of hydrogen-bond donors (Lipinski definition) is 2. The molecule has 2 N–H and O–H groups in total. The van der Waals surface area contributed by atoms with Gasteiger partial charge in [-0.05, 0) is 114 Å². The monoisotopic (exact) mass is 854 g/mol. The molecule has 0 bridgehead atoms. The number of alkyl carbamates (subject to hydrolysis) is 1. The first kappa shape index (κ1) is 39.6. The summed E-state index contributed by atoms with van der Waals surface area (Å²) in [6, 6.07) is 7.07. The van der Waals surface area contributed by atoms with Gasteiger partial charge in [0.1, 0.15) is 11.1 Å². The Hall–Kier alpha value is -3.15. The van der Waals surface area contributed by atoms with Gasteiger partial charge < -0.3 is 24.6 Å². The average molecular weight is 857 g/mol. The summed E-state index contributed by atoms with van der Waals surface area (Å²) in [4.78, 5) is 49.2. The third-order valence-electron chi connectivity index (χ3n) is 8.89. The van der Waals surface area contributed by atoms with E-state index in [1.807, 2.05) is 13.8 Å². The van der Waals surface area contributed by atoms with E-state index in [4.69, 9.17) is 42.2 Å². The zero-order chi connectivity index (χ0) is 36.8. The van der Waals surface area contributed by atoms with Crippen LogP contribution in [0.1, 0.15) is 87.5 Å². The number of amides is 1. The zero-order valence-corrected chi connectivity index (χ0v) is 32.8. The average Bonchev–Trinajstić information content (AvgIpc) is 3.83. The number of aliphatic hydroxyl groups is 1. The third-order valence-corrected chi connectivity index (χ3v) is 11.2. The SMILES string of the molecule is CCN=C=O.CCNC(=O)OC1=C(c2cc(C)c(Br)cc2Cl)C(=O)OC12CCCC2.Cc1cc(C2=C(O)C3(CCCC3)OC2=O)c(Cl)cc1Br. The van der Waals surface area contributed by atoms with Crippen LogP contribution in [0.25, 0.3) is 11.1 Å². The van der Waals surface area contributed by atoms with E-state index >= 15 is 0 Å². The molecule has 2 aliphatic heterocycles. The second kappa shape index (κ2) is 16.9. The number of halogens is 4. The summed E-state index contributed by atoms with van der Waals surface area (Å²) < 4.78 is 18.5. The summed E-state index contributed by atoms with van der Waals surface area (Å²) in [6.07, 6.45) is 7.19. The van der Waals surface area contributed by atoms with E-state index in [0.717, 1.165) is 45.8 Å². The predicted molar refractivity (Wildman–Crippen MR) is 198 cm³/mol. The van der Waals surface area contributed by atoms with Crippen molar-refractivity contribution in [3.63, 3.8) is 0 Å². The molecule has 2 fully saturated rings. The minimum atomic E-state index is -0.859. The summed E-state index contributed by atoms with van der Waals surface area (Å²) in [5.41, 5.74) is 1.73. The highest BCUT2D eigenvalue weighted by Crippen LogP contribution is 2.50. The van der Waals surface area contributed by atoms with Crippen LogP contribution in [-0.2, 0) is 28.6 Å². The summed E-state index contributed by atoms with van der Waals surface area (Å²) in [5.74, 6) is -0.647. The van der Waals surface area contributed by atoms with E-state index < -0.39 is 29.2 Å². The second-order valence-corrected chi connectivity index (χ2v) is 14.8. The maximum Gasteiger partial charge on any atom is 0.412 e. The molecule has 50 heavy (non-hydrogen) atoms. The number of aliphatic hydroxyl groups excluding tert-OH is 1. The van der Waals surface area contributed by atoms with Crippen molar-refractivity contribution in [2.45, 2.75) is 90.3 Å². The molecule has 2 spiro atoms. The molecule has 2 aromatic rings. The lowest BCUT2D eigenvalue weighted by Gasteiger charge is -2.24. The highest BCUT2D eigenvalue weighted by molar-refractivity contribution is 9.10. The lowest BCUT2D eigenvalue weighted by molar-refractivity contribution is -0.147. The molecule has 10 nitrogen and oxygen atoms in total. The number of nitrogens with one attached hydrogen (secondary N) is 1. The molecule has 0 aromatic heterocycles. The van der Waals surface area contributed by atoms with Crippen molar-refractivity contribution in [3.8, 4) is 0 Å². The number of benzene rings is 2. The van der Waals surface area contributed by atoms with Crippen LogP contribution in [0, 0.1) is 13.8 Å². The third kappa shape index (κ3) is 8.31. The summed E-state index contributed by atoms with van der Waals surface area (Å²) in [7, 11) is 0. The van der Waals surface area contributed by atoms with E-state index in [9.17, 15) is 19.5 Å². The fourth-order valence-corrected chi connectivity index (χ4v) is 7.87. The van der Waals surface area contributed by atoms with E-state index in [-0.39, 0.29) is 22.7 Å². The number of aliphatic imine (C=N–C) groups is 1. The molecule has 2 heterocycles. The van der Waals surface area contributed by atoms with Crippen molar-refractivity contribution in [2.24, 2.45) is 4.99 Å². The molecule has 0 radical (unpaired) electrons. The van der Waals surface area contributed by atoms with Crippen molar-refractivity contribution >= 4 is 90.3 Å². The van der Waals surface area contributed by atoms with Crippen LogP contribution in [-0.4, -0.2) is 53.5 Å². The maximum atomic E-state index is 12.7. The molecule has 268 valence electrons. The number of aryl methyl sites for hydroxylation is 2. The number of carbonyl (C=O) groups excluding carboxylic acids is 4. The number of rotatable bonds is 5. The molecular weight excluding hydrogens is 819 g/mol. The van der Waals surface area contributed by atoms with E-state index in [1.165, 1.54) is 6.08 Å². The molecule has 6 rings (SSSR count). The number of carbonyl (C=O) groups is 3. The van der Waals surface area contributed by atoms with Gasteiger partial charge in [0.25, 0.3) is 0 Å². The summed E-state index contributed by atoms with van der Waals surface area (Å²) in [6.45, 7) is 8.37. The van der Waals surface area contributed by atoms with Gasteiger partial charge in [-0.2, -0.15) is 0 Å². The highest BCUT2D eigenvalue weighted by atomic mass is 79.9. The van der Waals surface area contributed by atoms with Crippen LogP contribution in [0.3, 0.4) is 0 Å². The van der Waals surface area contributed by atoms with Gasteiger partial charge in [0.15, 0.2) is 22.7 Å². The zero-order valence-electron chi connectivity index (χ0n) is 28.1. The number of nitrogens with zero attached hydrogens (tertiary/aromatic N) is 1. The van der Waals surface area contributed by atoms with Crippen molar-refractivity contribution < 1.29 is 38.5 Å². The van der Waals surface area contributed by atoms with Crippen molar-refractivity contribution in [1.82, 2.24) is 5.32 Å². The minimum absolute atomic E-state index is 0.0450. The van der Waals surface area contributed by atoms with Gasteiger partial charge in [-0.1, -0.05) is 55.1 Å². The van der Waals surface area contributed by atoms with Crippen LogP contribution < -0.4 is 5.32 Å². The smallest absolute Gasteiger partial charge is 0.412 e. The van der Waals surface area contributed by atoms with Crippen LogP contribution in [0.4, 0.5) is 4.79 Å². The molecule has 4 aliphatic rings. The second-order valence-electron chi connectivity index (χ2n) is 12.3. The first-order valence-corrected chi connectivity index (χ1v) is 18.6. The van der Waals surface area contributed by atoms with Crippen molar-refractivity contribution in [2.75, 3.05) is 13.1 Å². The van der Waals surface area contributed by atoms with E-state index in [0.29, 0.717) is 59.9 Å². The fraction of sp³-hybridized carbons (Fsp3) is 0.444. The largest absolute Gasteiger partial charge is 0.507 e. The molecular formula is C36H38Br2Cl2N2O8. The Bertz CT molecular complexity index is 1790. The minimum Gasteiger partial charge on any atom is -0.507 e. The molecule has 2 aromatic carbocycles. The number of ether oxygens (including phenoxy) is 3. The van der Waals surface area contributed by atoms with Gasteiger partial charge in [-0.3, -0.25) is 0 Å². The molecule has 0 atom stereocenters. The Morgan fingerprint density at radius 3 is 1.80 bits per heavy atom. The Labute approximate surface area is 317 Å². The fourth-order valence-electron chi connectivity index (χ4n) is 6.41. The molecule has 1 amide bonds. The van der Waals surface area contributed by atoms with Crippen LogP contribution in [0.5, 0.6) is 0 Å². The predicted octanol–water partition coefficient (Wildman–Crippen LogP) is 9.63. The van der Waals surface area contributed by atoms with Gasteiger partial charge >= 0.3 is 18.0 Å². The Morgan fingerprint density at radius 1 is 0.880 bits per heavy atom. The molecule has 2 saturated carbocycles. The van der Waals surface area contributed by atoms with Gasteiger partial charge in [0.05, 0.1) is 0 Å². The Balaban J connectivity index is 0.000000202. The van der Waals surface area contributed by atoms with Crippen LogP contribution >= 0.6 is 55.1 Å². The maximum absolute atomic E-state index is 12.7. The highest BCUT2D eigenvalue weighted by Gasteiger charge is 2.53. The first-order valence-electron chi connectivity index (χ1n) is 16.3. The summed E-state index contributed by atoms with van der Waals surface area (Å²) in [5, 5.41) is 13.9. The van der Waals surface area contributed by atoms with Crippen molar-refractivity contribution in [1.29, 1.82) is 0 Å². The molecule has 2 aliphatic carbocycles. The number of esters is 2. The molecule has 0 unspecified atom stereocenters. The van der Waals surface area contributed by atoms with Gasteiger partial charge in [-0.15, -0.1) is 0 Å². The number of isocyanates is 1. The molecule has 14 heteroatoms. The number of hydrogen-bond acceptors (Lipinski definition) is 9. The quantitative estimate of drug-likeness (QED) is 0.131. The lowest BCUT2D eigenvalue weighted by atomic mass is 9.94. The van der Waals surface area contributed by atoms with Gasteiger partial charge in [0.2, 0.25) is 6.08 Å². The molecule has 0 saturated heterocycles. The van der Waals surface area contributed by atoms with E-state index in [2.05, 4.69) is 42.2 Å². The standard InChI is InChI=1S/C18H19BrClNO4.C15H14BrClO3.C3H5NO/c1-3-21-17(23)24-15-14(11-8-10(2)12(19)9-13(11)20)16(22)25-18(15)6-4-5-7-18;1-8-6-9(11(17)7-10(8)16)12-13(18)15(20-14(12)19)4-2-3-5-15;1-2-4-3-5/h8-9H,3-7H2,1-2H3,(H,21,23);6-7,18H,2-5H2,1H3;2H2,1H3. The Kier molecular flexibility index (Phi) is 13.4. The first-order chi connectivity index (χ1) is 23.7. The van der Waals surface area contributed by atoms with Gasteiger partial charge in [-0.25, -0.2) is 24.2 Å². The lowest BCUT2D eigenvalue weighted by Crippen LogP contribution is -2.33. The van der Waals surface area contributed by atoms with Crippen molar-refractivity contribution in [3.05, 3.63) is 77.0 Å². The van der Waals surface area contributed by atoms with Gasteiger partial charge in [0, 0.05) is 43.2 Å². The summed E-state index contributed by atoms with van der Waals surface area (Å²) >= 11 is 19.4. The van der Waals surface area contributed by atoms with E-state index in [1.54, 1.807) is 38.1 Å². The Morgan fingerprint density at radius 2 is 1.34 bits per heavy atom.